The van der Waals surface area contributed by atoms with E-state index in [-0.39, 0.29) is 28.8 Å². The highest BCUT2D eigenvalue weighted by atomic mass is 32.2. The number of rotatable bonds is 7. The van der Waals surface area contributed by atoms with Crippen molar-refractivity contribution in [1.29, 1.82) is 5.26 Å². The molecule has 37 heavy (non-hydrogen) atoms. The molecule has 3 aromatic rings. The number of imidazole rings is 1. The number of carboxylic acids is 1. The molecule has 2 amide bonds. The van der Waals surface area contributed by atoms with Gasteiger partial charge in [-0.25, -0.2) is 14.3 Å². The van der Waals surface area contributed by atoms with Gasteiger partial charge in [-0.3, -0.25) is 14.5 Å². The van der Waals surface area contributed by atoms with E-state index < -0.39 is 29.2 Å². The van der Waals surface area contributed by atoms with E-state index in [1.165, 1.54) is 29.2 Å². The number of carbonyl (C=O) groups is 3. The first-order valence-corrected chi connectivity index (χ1v) is 12.7. The quantitative estimate of drug-likeness (QED) is 0.160. The van der Waals surface area contributed by atoms with Crippen LogP contribution in [-0.2, 0) is 25.8 Å². The SMILES string of the molecule is CO/N=C(\C(=O)N[C@@H]1C(=O)N2C(C(=O)O)=C(C[n+]3cc(C#N)n4ccccc43)CS[C@H]12)c1csc(N)n1. The van der Waals surface area contributed by atoms with Crippen LogP contribution >= 0.6 is 23.1 Å². The Hall–Kier alpha value is -4.42. The molecule has 0 unspecified atom stereocenters. The number of nitriles is 1. The molecule has 0 spiro atoms. The van der Waals surface area contributed by atoms with Crippen molar-refractivity contribution in [2.75, 3.05) is 18.6 Å². The van der Waals surface area contributed by atoms with Gasteiger partial charge < -0.3 is 21.0 Å². The molecule has 4 N–H and O–H groups in total. The third-order valence-corrected chi connectivity index (χ3v) is 7.86. The predicted molar refractivity (Wildman–Crippen MR) is 132 cm³/mol. The number of hydrogen-bond acceptors (Lipinski definition) is 10. The minimum Gasteiger partial charge on any atom is -0.477 e. The normalized spacial score (nSPS) is 19.3. The Morgan fingerprint density at radius 3 is 2.95 bits per heavy atom. The van der Waals surface area contributed by atoms with E-state index in [0.29, 0.717) is 22.7 Å². The lowest BCUT2D eigenvalue weighted by Gasteiger charge is -2.49. The van der Waals surface area contributed by atoms with Gasteiger partial charge in [-0.1, -0.05) is 11.2 Å². The number of nitrogens with one attached hydrogen (secondary N) is 1. The maximum absolute atomic E-state index is 13.1. The summed E-state index contributed by atoms with van der Waals surface area (Å²) in [7, 11) is 1.27. The highest BCUT2D eigenvalue weighted by molar-refractivity contribution is 8.00. The van der Waals surface area contributed by atoms with Crippen LogP contribution in [0.25, 0.3) is 5.65 Å². The summed E-state index contributed by atoms with van der Waals surface area (Å²) in [6.45, 7) is 0.174. The summed E-state index contributed by atoms with van der Waals surface area (Å²) in [5, 5.41) is 27.0. The Labute approximate surface area is 217 Å². The van der Waals surface area contributed by atoms with Crippen molar-refractivity contribution in [1.82, 2.24) is 19.6 Å². The number of nitrogen functional groups attached to an aromatic ring is 1. The number of β-lactam (4-membered cyclic amide) rings is 1. The summed E-state index contributed by atoms with van der Waals surface area (Å²) in [6, 6.07) is 6.59. The molecule has 0 aliphatic carbocycles. The van der Waals surface area contributed by atoms with Crippen LogP contribution in [0.2, 0.25) is 0 Å². The summed E-state index contributed by atoms with van der Waals surface area (Å²) in [5.74, 6) is -2.19. The van der Waals surface area contributed by atoms with Crippen LogP contribution in [0.3, 0.4) is 0 Å². The van der Waals surface area contributed by atoms with E-state index >= 15 is 0 Å². The fourth-order valence-electron chi connectivity index (χ4n) is 4.27. The Kier molecular flexibility index (Phi) is 6.27. The molecule has 2 aliphatic heterocycles. The summed E-state index contributed by atoms with van der Waals surface area (Å²) < 4.78 is 3.48. The summed E-state index contributed by atoms with van der Waals surface area (Å²) in [5.41, 5.74) is 7.18. The zero-order valence-corrected chi connectivity index (χ0v) is 20.8. The lowest BCUT2D eigenvalue weighted by Crippen LogP contribution is -2.71. The molecule has 5 rings (SSSR count). The molecule has 3 aromatic heterocycles. The Balaban J connectivity index is 1.40. The molecule has 0 aromatic carbocycles. The van der Waals surface area contributed by atoms with Gasteiger partial charge in [0.05, 0.1) is 6.20 Å². The average molecular weight is 540 g/mol. The number of nitrogens with zero attached hydrogens (tertiary/aromatic N) is 6. The smallest absolute Gasteiger partial charge is 0.352 e. The molecule has 0 radical (unpaired) electrons. The molecule has 13 nitrogen and oxygen atoms in total. The standard InChI is InChI=1S/C22H18N8O5S2/c1-35-27-15(13-10-37-22(24)25-13)18(31)26-16-19(32)30-17(21(33)34)11(9-36-20(16)30)7-28-8-12(6-23)29-5-3-2-4-14(28)29/h2-5,8,10,16,20H,7,9H2,1H3,(H3-,24,25,26,31,33,34)/p+1/b27-15-/t16-,20-/m1/s1. The third kappa shape index (κ3) is 4.15. The topological polar surface area (TPSA) is 179 Å². The first-order valence-electron chi connectivity index (χ1n) is 10.8. The van der Waals surface area contributed by atoms with Crippen molar-refractivity contribution >= 4 is 57.4 Å². The molecule has 2 aliphatic rings. The number of carboxylic acid groups (broad SMARTS) is 1. The average Bonchev–Trinajstić information content (AvgIpc) is 3.48. The number of oxime groups is 1. The van der Waals surface area contributed by atoms with Crippen molar-refractivity contribution in [2.24, 2.45) is 5.16 Å². The Morgan fingerprint density at radius 1 is 1.46 bits per heavy atom. The van der Waals surface area contributed by atoms with Gasteiger partial charge >= 0.3 is 5.97 Å². The Bertz CT molecular complexity index is 1550. The lowest BCUT2D eigenvalue weighted by atomic mass is 10.0. The van der Waals surface area contributed by atoms with Crippen LogP contribution in [0.15, 0.2) is 52.4 Å². The van der Waals surface area contributed by atoms with Gasteiger partial charge in [0.25, 0.3) is 17.5 Å². The van der Waals surface area contributed by atoms with Crippen molar-refractivity contribution in [2.45, 2.75) is 18.0 Å². The number of nitrogens with two attached hydrogens (primary N) is 1. The van der Waals surface area contributed by atoms with E-state index in [9.17, 15) is 24.8 Å². The van der Waals surface area contributed by atoms with Crippen LogP contribution in [0.5, 0.6) is 0 Å². The number of pyridine rings is 1. The van der Waals surface area contributed by atoms with Gasteiger partial charge in [0.2, 0.25) is 5.69 Å². The van der Waals surface area contributed by atoms with E-state index in [4.69, 9.17) is 10.6 Å². The van der Waals surface area contributed by atoms with E-state index in [2.05, 4.69) is 21.5 Å². The number of thioether (sulfide) groups is 1. The number of amides is 2. The minimum absolute atomic E-state index is 0.126. The lowest BCUT2D eigenvalue weighted by molar-refractivity contribution is -0.662. The number of fused-ring (bicyclic) bond motifs is 2. The minimum atomic E-state index is -1.25. The van der Waals surface area contributed by atoms with Crippen LogP contribution in [-0.4, -0.2) is 67.2 Å². The van der Waals surface area contributed by atoms with Gasteiger partial charge in [-0.2, -0.15) is 9.66 Å². The van der Waals surface area contributed by atoms with Crippen molar-refractivity contribution in [3.8, 4) is 6.07 Å². The number of aliphatic carboxylic acids is 1. The molecular weight excluding hydrogens is 520 g/mol. The van der Waals surface area contributed by atoms with Crippen LogP contribution < -0.4 is 15.6 Å². The predicted octanol–water partition coefficient (Wildman–Crippen LogP) is -0.0735. The molecule has 188 valence electrons. The molecular formula is C22H19N8O5S2+. The third-order valence-electron chi connectivity index (χ3n) is 5.84. The molecule has 2 atom stereocenters. The molecule has 5 heterocycles. The fourth-order valence-corrected chi connectivity index (χ4v) is 6.15. The van der Waals surface area contributed by atoms with Gasteiger partial charge in [0.1, 0.15) is 48.7 Å². The fraction of sp³-hybridized carbons (Fsp3) is 0.227. The first kappa shape index (κ1) is 24.3. The first-order chi connectivity index (χ1) is 17.8. The van der Waals surface area contributed by atoms with E-state index in [1.807, 2.05) is 12.1 Å². The summed E-state index contributed by atoms with van der Waals surface area (Å²) in [6.07, 6.45) is 3.39. The van der Waals surface area contributed by atoms with Crippen LogP contribution in [0, 0.1) is 11.3 Å². The van der Waals surface area contributed by atoms with Gasteiger partial charge in [-0.05, 0) is 6.07 Å². The van der Waals surface area contributed by atoms with Crippen molar-refractivity contribution < 1.29 is 28.9 Å². The second kappa shape index (κ2) is 9.56. The van der Waals surface area contributed by atoms with E-state index in [1.54, 1.807) is 27.4 Å². The molecule has 1 saturated heterocycles. The van der Waals surface area contributed by atoms with Crippen LogP contribution in [0.1, 0.15) is 11.4 Å². The largest absolute Gasteiger partial charge is 0.477 e. The monoisotopic (exact) mass is 539 g/mol. The number of aromatic nitrogens is 3. The number of thiazole rings is 1. The second-order valence-corrected chi connectivity index (χ2v) is 9.99. The second-order valence-electron chi connectivity index (χ2n) is 7.99. The molecule has 1 fully saturated rings. The molecule has 15 heteroatoms. The molecule has 0 saturated carbocycles. The number of carbonyl (C=O) groups excluding carboxylic acids is 2. The van der Waals surface area contributed by atoms with Gasteiger partial charge in [0, 0.05) is 22.8 Å². The maximum Gasteiger partial charge on any atom is 0.352 e. The highest BCUT2D eigenvalue weighted by Gasteiger charge is 2.54. The van der Waals surface area contributed by atoms with Crippen molar-refractivity contribution in [3.05, 3.63) is 58.6 Å². The number of hydrogen-bond donors (Lipinski definition) is 3. The summed E-state index contributed by atoms with van der Waals surface area (Å²) >= 11 is 2.46. The van der Waals surface area contributed by atoms with Crippen molar-refractivity contribution in [3.63, 3.8) is 0 Å². The molecule has 0 bridgehead atoms. The zero-order valence-electron chi connectivity index (χ0n) is 19.2. The van der Waals surface area contributed by atoms with Gasteiger partial charge in [-0.15, -0.1) is 23.1 Å². The summed E-state index contributed by atoms with van der Waals surface area (Å²) in [4.78, 5) is 48.2. The van der Waals surface area contributed by atoms with Gasteiger partial charge in [0.15, 0.2) is 10.8 Å². The van der Waals surface area contributed by atoms with Crippen LogP contribution in [0.4, 0.5) is 5.13 Å². The zero-order chi connectivity index (χ0) is 26.3. The Morgan fingerprint density at radius 2 is 2.27 bits per heavy atom. The number of anilines is 1. The maximum atomic E-state index is 13.1. The van der Waals surface area contributed by atoms with E-state index in [0.717, 1.165) is 11.3 Å². The highest BCUT2D eigenvalue weighted by Crippen LogP contribution is 2.40.